The van der Waals surface area contributed by atoms with Gasteiger partial charge in [0.2, 0.25) is 0 Å². The lowest BCUT2D eigenvalue weighted by atomic mass is 9.94. The fourth-order valence-electron chi connectivity index (χ4n) is 2.90. The molecule has 1 heterocycles. The molecular weight excluding hydrogens is 342 g/mol. The summed E-state index contributed by atoms with van der Waals surface area (Å²) in [7, 11) is 0. The quantitative estimate of drug-likeness (QED) is 0.887. The maximum Gasteiger partial charge on any atom is 0.349 e. The van der Waals surface area contributed by atoms with Crippen LogP contribution in [0.3, 0.4) is 0 Å². The number of benzene rings is 1. The number of hydrogen-bond acceptors (Lipinski definition) is 3. The fraction of sp³-hybridized carbons (Fsp3) is 0.250. The van der Waals surface area contributed by atoms with E-state index in [-0.39, 0.29) is 11.8 Å². The van der Waals surface area contributed by atoms with Gasteiger partial charge in [0.05, 0.1) is 22.9 Å². The van der Waals surface area contributed by atoms with E-state index in [9.17, 15) is 9.59 Å². The Labute approximate surface area is 157 Å². The van der Waals surface area contributed by atoms with Crippen LogP contribution < -0.4 is 5.32 Å². The van der Waals surface area contributed by atoms with Crippen LogP contribution in [-0.2, 0) is 0 Å². The van der Waals surface area contributed by atoms with E-state index in [0.717, 1.165) is 0 Å². The van der Waals surface area contributed by atoms with Crippen molar-refractivity contribution in [1.82, 2.24) is 4.90 Å². The molecule has 1 N–H and O–H groups in total. The minimum atomic E-state index is -0.640. The molecular formula is C20H19N5O2. The number of anilines is 1. The number of urea groups is 2. The van der Waals surface area contributed by atoms with Gasteiger partial charge in [0.25, 0.3) is 0 Å². The molecule has 27 heavy (non-hydrogen) atoms. The van der Waals surface area contributed by atoms with Crippen molar-refractivity contribution in [3.05, 3.63) is 54.1 Å². The monoisotopic (exact) mass is 361 g/mol. The van der Waals surface area contributed by atoms with Crippen LogP contribution in [0.15, 0.2) is 58.6 Å². The number of nitrogens with zero attached hydrogens (tertiary/aromatic N) is 4. The van der Waals surface area contributed by atoms with Gasteiger partial charge >= 0.3 is 12.1 Å². The molecule has 1 aromatic carbocycles. The number of aliphatic imine (C=N–C) groups is 2. The summed E-state index contributed by atoms with van der Waals surface area (Å²) in [6, 6.07) is 7.63. The first-order valence-corrected chi connectivity index (χ1v) is 8.63. The highest BCUT2D eigenvalue weighted by molar-refractivity contribution is 6.24. The van der Waals surface area contributed by atoms with Gasteiger partial charge in [-0.1, -0.05) is 44.2 Å². The zero-order valence-electron chi connectivity index (χ0n) is 15.1. The van der Waals surface area contributed by atoms with Crippen molar-refractivity contribution in [3.8, 4) is 6.07 Å². The Bertz CT molecular complexity index is 934. The molecule has 0 radical (unpaired) electrons. The minimum absolute atomic E-state index is 0.182. The highest BCUT2D eigenvalue weighted by Gasteiger charge is 2.34. The first-order valence-electron chi connectivity index (χ1n) is 8.63. The number of carbonyl (C=O) groups is 2. The number of carbonyl (C=O) groups excluding carboxylic acids is 2. The predicted octanol–water partition coefficient (Wildman–Crippen LogP) is 3.76. The van der Waals surface area contributed by atoms with E-state index in [2.05, 4.69) is 15.3 Å². The zero-order chi connectivity index (χ0) is 19.4. The van der Waals surface area contributed by atoms with Crippen molar-refractivity contribution in [2.45, 2.75) is 13.8 Å². The number of rotatable bonds is 3. The van der Waals surface area contributed by atoms with E-state index in [1.807, 2.05) is 32.1 Å². The number of amides is 4. The Morgan fingerprint density at radius 2 is 2.15 bits per heavy atom. The lowest BCUT2D eigenvalue weighted by Crippen LogP contribution is -2.48. The van der Waals surface area contributed by atoms with Crippen LogP contribution in [0.2, 0.25) is 0 Å². The van der Waals surface area contributed by atoms with Crippen molar-refractivity contribution in [2.75, 3.05) is 11.9 Å². The van der Waals surface area contributed by atoms with E-state index in [1.54, 1.807) is 36.4 Å². The molecule has 0 spiro atoms. The van der Waals surface area contributed by atoms with Crippen LogP contribution in [0.4, 0.5) is 15.3 Å². The molecule has 1 aromatic rings. The van der Waals surface area contributed by atoms with Gasteiger partial charge in [-0.3, -0.25) is 4.90 Å². The number of amidine groups is 1. The van der Waals surface area contributed by atoms with Crippen molar-refractivity contribution in [2.24, 2.45) is 21.8 Å². The molecule has 3 rings (SSSR count). The number of hydrogen-bond donors (Lipinski definition) is 1. The summed E-state index contributed by atoms with van der Waals surface area (Å²) in [5.41, 5.74) is 1.28. The van der Waals surface area contributed by atoms with Crippen LogP contribution >= 0.6 is 0 Å². The Morgan fingerprint density at radius 3 is 2.89 bits per heavy atom. The Hall–Kier alpha value is -3.53. The van der Waals surface area contributed by atoms with Crippen molar-refractivity contribution >= 4 is 29.3 Å². The van der Waals surface area contributed by atoms with Crippen LogP contribution in [0.1, 0.15) is 19.4 Å². The third-order valence-corrected chi connectivity index (χ3v) is 4.06. The number of allylic oxidation sites excluding steroid dienone is 3. The summed E-state index contributed by atoms with van der Waals surface area (Å²) in [5.74, 6) is 0.163. The minimum Gasteiger partial charge on any atom is -0.305 e. The number of nitrogens with one attached hydrogen (secondary N) is 1. The predicted molar refractivity (Wildman–Crippen MR) is 104 cm³/mol. The number of fused-ring (bicyclic) bond motifs is 1. The van der Waals surface area contributed by atoms with Gasteiger partial charge in [-0.25, -0.2) is 9.59 Å². The first-order chi connectivity index (χ1) is 13.0. The maximum atomic E-state index is 12.5. The van der Waals surface area contributed by atoms with Crippen molar-refractivity contribution < 1.29 is 9.59 Å². The van der Waals surface area contributed by atoms with Gasteiger partial charge in [0, 0.05) is 6.54 Å². The lowest BCUT2D eigenvalue weighted by Gasteiger charge is -2.32. The Balaban J connectivity index is 1.94. The average molecular weight is 361 g/mol. The summed E-state index contributed by atoms with van der Waals surface area (Å²) in [6.07, 6.45) is 7.23. The molecule has 0 aromatic heterocycles. The van der Waals surface area contributed by atoms with E-state index in [1.165, 1.54) is 4.90 Å². The Morgan fingerprint density at radius 1 is 1.37 bits per heavy atom. The number of para-hydroxylation sites is 1. The molecule has 1 aliphatic carbocycles. The smallest absolute Gasteiger partial charge is 0.305 e. The maximum absolute atomic E-state index is 12.5. The van der Waals surface area contributed by atoms with Gasteiger partial charge in [-0.15, -0.1) is 0 Å². The van der Waals surface area contributed by atoms with E-state index >= 15 is 0 Å². The number of nitriles is 1. The van der Waals surface area contributed by atoms with Crippen LogP contribution in [-0.4, -0.2) is 35.1 Å². The molecule has 1 aliphatic heterocycles. The largest absolute Gasteiger partial charge is 0.349 e. The first kappa shape index (κ1) is 18.3. The lowest BCUT2D eigenvalue weighted by molar-refractivity contribution is 0.224. The summed E-state index contributed by atoms with van der Waals surface area (Å²) in [6.45, 7) is 4.36. The highest BCUT2D eigenvalue weighted by atomic mass is 16.2. The van der Waals surface area contributed by atoms with E-state index < -0.39 is 12.1 Å². The standard InChI is InChI=1S/C20H19N5O2/c1-13(2)12-25-18(15-8-4-6-10-17(15)23-20(25)27)24-19(26)22-16-9-5-3-7-14(16)11-21/h3-10,13,15H,12H2,1-2H3,(H,22,26)/b24-18+. The van der Waals surface area contributed by atoms with Gasteiger partial charge in [-0.05, 0) is 24.1 Å². The third kappa shape index (κ3) is 4.01. The van der Waals surface area contributed by atoms with Crippen molar-refractivity contribution in [1.29, 1.82) is 5.26 Å². The van der Waals surface area contributed by atoms with Gasteiger partial charge < -0.3 is 5.32 Å². The average Bonchev–Trinajstić information content (AvgIpc) is 2.64. The molecule has 2 aliphatic rings. The molecule has 0 fully saturated rings. The molecule has 0 bridgehead atoms. The SMILES string of the molecule is CC(C)CN1C(=O)N=C2C=CC=CC2/C1=N\C(=O)Nc1ccccc1C#N. The summed E-state index contributed by atoms with van der Waals surface area (Å²) < 4.78 is 0. The topological polar surface area (TPSA) is 97.9 Å². The highest BCUT2D eigenvalue weighted by Crippen LogP contribution is 2.22. The van der Waals surface area contributed by atoms with E-state index in [4.69, 9.17) is 5.26 Å². The molecule has 0 saturated carbocycles. The second kappa shape index (κ2) is 7.79. The van der Waals surface area contributed by atoms with Gasteiger partial charge in [0.15, 0.2) is 0 Å². The summed E-state index contributed by atoms with van der Waals surface area (Å²) >= 11 is 0. The molecule has 136 valence electrons. The van der Waals surface area contributed by atoms with Crippen molar-refractivity contribution in [3.63, 3.8) is 0 Å². The van der Waals surface area contributed by atoms with Crippen LogP contribution in [0, 0.1) is 23.2 Å². The second-order valence-corrected chi connectivity index (χ2v) is 6.60. The molecule has 1 unspecified atom stereocenters. The molecule has 1 atom stereocenters. The van der Waals surface area contributed by atoms with Crippen LogP contribution in [0.25, 0.3) is 0 Å². The fourth-order valence-corrected chi connectivity index (χ4v) is 2.90. The van der Waals surface area contributed by atoms with Crippen LogP contribution in [0.5, 0.6) is 0 Å². The van der Waals surface area contributed by atoms with E-state index in [0.29, 0.717) is 29.3 Å². The molecule has 7 heteroatoms. The van der Waals surface area contributed by atoms with Gasteiger partial charge in [-0.2, -0.15) is 15.2 Å². The Kier molecular flexibility index (Phi) is 5.27. The molecule has 0 saturated heterocycles. The summed E-state index contributed by atoms with van der Waals surface area (Å²) in [5, 5.41) is 11.8. The van der Waals surface area contributed by atoms with Gasteiger partial charge in [0.1, 0.15) is 11.9 Å². The summed E-state index contributed by atoms with van der Waals surface area (Å²) in [4.78, 5) is 34.7. The zero-order valence-corrected chi connectivity index (χ0v) is 15.1. The normalized spacial score (nSPS) is 19.7. The molecule has 7 nitrogen and oxygen atoms in total. The second-order valence-electron chi connectivity index (χ2n) is 6.60. The molecule has 4 amide bonds. The third-order valence-electron chi connectivity index (χ3n) is 4.06.